The van der Waals surface area contributed by atoms with Crippen LogP contribution in [0.3, 0.4) is 0 Å². The quantitative estimate of drug-likeness (QED) is 0.267. The minimum absolute atomic E-state index is 0. The average molecular weight is 540 g/mol. The van der Waals surface area contributed by atoms with E-state index in [1.165, 1.54) is 37.1 Å². The third-order valence-corrected chi connectivity index (χ3v) is 5.72. The molecule has 0 amide bonds. The highest BCUT2D eigenvalue weighted by Gasteiger charge is 2.26. The Morgan fingerprint density at radius 1 is 1.16 bits per heavy atom. The molecule has 2 heterocycles. The van der Waals surface area contributed by atoms with Crippen molar-refractivity contribution in [1.29, 1.82) is 0 Å². The summed E-state index contributed by atoms with van der Waals surface area (Å²) in [6.07, 6.45) is 4.18. The highest BCUT2D eigenvalue weighted by Crippen LogP contribution is 2.20. The largest absolute Gasteiger partial charge is 0.466 e. The molecule has 1 aromatic heterocycles. The van der Waals surface area contributed by atoms with Crippen molar-refractivity contribution in [3.8, 4) is 0 Å². The summed E-state index contributed by atoms with van der Waals surface area (Å²) < 4.78 is 5.34. The van der Waals surface area contributed by atoms with Crippen LogP contribution in [0.15, 0.2) is 52.1 Å². The van der Waals surface area contributed by atoms with Crippen LogP contribution in [-0.2, 0) is 18.7 Å². The summed E-state index contributed by atoms with van der Waals surface area (Å²) >= 11 is 0. The van der Waals surface area contributed by atoms with Crippen molar-refractivity contribution < 1.29 is 9.52 Å². The molecule has 2 aromatic rings. The Morgan fingerprint density at radius 2 is 1.84 bits per heavy atom. The number of hydrogen-bond donors (Lipinski definition) is 3. The minimum atomic E-state index is -1.10. The molecule has 1 saturated heterocycles. The van der Waals surface area contributed by atoms with E-state index < -0.39 is 5.60 Å². The summed E-state index contributed by atoms with van der Waals surface area (Å²) in [5.74, 6) is 2.07. The van der Waals surface area contributed by atoms with E-state index in [1.807, 2.05) is 6.92 Å². The summed E-state index contributed by atoms with van der Waals surface area (Å²) in [6.45, 7) is 11.2. The summed E-state index contributed by atoms with van der Waals surface area (Å²) in [5, 5.41) is 17.1. The first kappa shape index (κ1) is 25.7. The number of guanidine groups is 1. The molecule has 31 heavy (non-hydrogen) atoms. The van der Waals surface area contributed by atoms with Crippen LogP contribution >= 0.6 is 24.0 Å². The molecule has 0 aliphatic carbocycles. The van der Waals surface area contributed by atoms with Crippen molar-refractivity contribution in [1.82, 2.24) is 15.5 Å². The number of piperidine rings is 1. The maximum atomic E-state index is 10.6. The van der Waals surface area contributed by atoms with Gasteiger partial charge in [-0.25, -0.2) is 4.99 Å². The Kier molecular flexibility index (Phi) is 10.3. The van der Waals surface area contributed by atoms with Crippen LogP contribution in [0.1, 0.15) is 50.5 Å². The molecule has 172 valence electrons. The van der Waals surface area contributed by atoms with E-state index in [0.717, 1.165) is 19.0 Å². The first-order chi connectivity index (χ1) is 14.5. The monoisotopic (exact) mass is 540 g/mol. The van der Waals surface area contributed by atoms with E-state index in [2.05, 4.69) is 51.7 Å². The van der Waals surface area contributed by atoms with Gasteiger partial charge in [-0.3, -0.25) is 4.90 Å². The number of rotatable bonds is 8. The minimum Gasteiger partial charge on any atom is -0.466 e. The molecule has 1 atom stereocenters. The Bertz CT molecular complexity index is 782. The van der Waals surface area contributed by atoms with Gasteiger partial charge < -0.3 is 20.2 Å². The zero-order valence-corrected chi connectivity index (χ0v) is 21.3. The smallest absolute Gasteiger partial charge is 0.191 e. The van der Waals surface area contributed by atoms with Crippen LogP contribution in [0.4, 0.5) is 0 Å². The second-order valence-corrected chi connectivity index (χ2v) is 8.58. The second kappa shape index (κ2) is 12.5. The summed E-state index contributed by atoms with van der Waals surface area (Å²) in [4.78, 5) is 7.21. The van der Waals surface area contributed by atoms with Gasteiger partial charge >= 0.3 is 0 Å². The van der Waals surface area contributed by atoms with E-state index in [-0.39, 0.29) is 24.0 Å². The van der Waals surface area contributed by atoms with E-state index in [4.69, 9.17) is 4.42 Å². The molecular formula is C24H37IN4O2. The van der Waals surface area contributed by atoms with Crippen LogP contribution in [0.25, 0.3) is 0 Å². The van der Waals surface area contributed by atoms with E-state index in [0.29, 0.717) is 24.8 Å². The molecule has 0 spiro atoms. The van der Waals surface area contributed by atoms with Crippen molar-refractivity contribution in [2.75, 3.05) is 26.2 Å². The summed E-state index contributed by atoms with van der Waals surface area (Å²) in [6, 6.07) is 12.3. The van der Waals surface area contributed by atoms with Gasteiger partial charge in [-0.2, -0.15) is 0 Å². The summed E-state index contributed by atoms with van der Waals surface area (Å²) in [5.41, 5.74) is 1.42. The van der Waals surface area contributed by atoms with Crippen molar-refractivity contribution in [2.24, 2.45) is 10.9 Å². The number of nitrogens with zero attached hydrogens (tertiary/aromatic N) is 2. The molecule has 0 bridgehead atoms. The summed E-state index contributed by atoms with van der Waals surface area (Å²) in [7, 11) is 0. The van der Waals surface area contributed by atoms with Gasteiger partial charge in [0.1, 0.15) is 11.4 Å². The molecule has 0 radical (unpaired) electrons. The van der Waals surface area contributed by atoms with E-state index in [1.54, 1.807) is 25.3 Å². The zero-order chi connectivity index (χ0) is 21.4. The number of hydrogen-bond acceptors (Lipinski definition) is 4. The van der Waals surface area contributed by atoms with E-state index in [9.17, 15) is 5.11 Å². The SMILES string of the molecule is CCNC(=NCc1ccc(CN2CCC(C)CC2)cc1)NCC(C)(O)c1ccco1.I. The molecule has 1 aromatic carbocycles. The lowest BCUT2D eigenvalue weighted by molar-refractivity contribution is 0.0386. The molecule has 3 N–H and O–H groups in total. The number of likely N-dealkylation sites (tertiary alicyclic amines) is 1. The molecule has 6 nitrogen and oxygen atoms in total. The molecule has 0 saturated carbocycles. The van der Waals surface area contributed by atoms with Crippen LogP contribution in [0.5, 0.6) is 0 Å². The molecule has 1 aliphatic rings. The first-order valence-corrected chi connectivity index (χ1v) is 11.0. The fraction of sp³-hybridized carbons (Fsp3) is 0.542. The van der Waals surface area contributed by atoms with Crippen molar-refractivity contribution in [2.45, 2.75) is 52.3 Å². The number of furan rings is 1. The highest BCUT2D eigenvalue weighted by atomic mass is 127. The molecule has 3 rings (SSSR count). The predicted octanol–water partition coefficient (Wildman–Crippen LogP) is 4.09. The lowest BCUT2D eigenvalue weighted by Gasteiger charge is -2.30. The third-order valence-electron chi connectivity index (χ3n) is 5.72. The van der Waals surface area contributed by atoms with Gasteiger partial charge in [0.15, 0.2) is 5.96 Å². The number of aliphatic hydroxyl groups is 1. The van der Waals surface area contributed by atoms with Gasteiger partial charge in [0.2, 0.25) is 0 Å². The fourth-order valence-corrected chi connectivity index (χ4v) is 3.67. The predicted molar refractivity (Wildman–Crippen MR) is 137 cm³/mol. The molecule has 1 unspecified atom stereocenters. The Balaban J connectivity index is 0.00000341. The van der Waals surface area contributed by atoms with Gasteiger partial charge in [0, 0.05) is 13.1 Å². The van der Waals surface area contributed by atoms with Gasteiger partial charge in [-0.1, -0.05) is 31.2 Å². The number of aliphatic imine (C=N–C) groups is 1. The van der Waals surface area contributed by atoms with E-state index >= 15 is 0 Å². The second-order valence-electron chi connectivity index (χ2n) is 8.58. The van der Waals surface area contributed by atoms with Gasteiger partial charge in [0.05, 0.1) is 19.4 Å². The third kappa shape index (κ3) is 8.12. The molecule has 1 aliphatic heterocycles. The highest BCUT2D eigenvalue weighted by molar-refractivity contribution is 14.0. The number of nitrogens with one attached hydrogen (secondary N) is 2. The molecule has 7 heteroatoms. The van der Waals surface area contributed by atoms with Crippen molar-refractivity contribution >= 4 is 29.9 Å². The van der Waals surface area contributed by atoms with Crippen LogP contribution < -0.4 is 10.6 Å². The lowest BCUT2D eigenvalue weighted by atomic mass is 9.99. The van der Waals surface area contributed by atoms with Crippen LogP contribution in [0, 0.1) is 5.92 Å². The van der Waals surface area contributed by atoms with Gasteiger partial charge in [-0.15, -0.1) is 24.0 Å². The Hall–Kier alpha value is -1.58. The number of halogens is 1. The topological polar surface area (TPSA) is 73.0 Å². The molecular weight excluding hydrogens is 503 g/mol. The first-order valence-electron chi connectivity index (χ1n) is 11.0. The maximum absolute atomic E-state index is 10.6. The van der Waals surface area contributed by atoms with Gasteiger partial charge in [-0.05, 0) is 69.0 Å². The van der Waals surface area contributed by atoms with Crippen molar-refractivity contribution in [3.05, 3.63) is 59.5 Å². The zero-order valence-electron chi connectivity index (χ0n) is 18.9. The average Bonchev–Trinajstić information content (AvgIpc) is 3.29. The maximum Gasteiger partial charge on any atom is 0.191 e. The Labute approximate surface area is 203 Å². The van der Waals surface area contributed by atoms with Crippen LogP contribution in [-0.4, -0.2) is 42.1 Å². The normalized spacial score (nSPS) is 17.6. The number of benzene rings is 1. The standard InChI is InChI=1S/C24H36N4O2.HI/c1-4-25-23(27-18-24(3,29)22-6-5-15-30-22)26-16-20-7-9-21(10-8-20)17-28-13-11-19(2)12-14-28;/h5-10,15,19,29H,4,11-14,16-18H2,1-3H3,(H2,25,26,27);1H. The van der Waals surface area contributed by atoms with Crippen LogP contribution in [0.2, 0.25) is 0 Å². The van der Waals surface area contributed by atoms with Gasteiger partial charge in [0.25, 0.3) is 0 Å². The Morgan fingerprint density at radius 3 is 2.45 bits per heavy atom. The van der Waals surface area contributed by atoms with Crippen molar-refractivity contribution in [3.63, 3.8) is 0 Å². The molecule has 1 fully saturated rings. The lowest BCUT2D eigenvalue weighted by Crippen LogP contribution is -2.44. The fourth-order valence-electron chi connectivity index (χ4n) is 3.67.